The summed E-state index contributed by atoms with van der Waals surface area (Å²) in [6.07, 6.45) is 4.15. The number of carbonyl (C=O) groups is 1. The van der Waals surface area contributed by atoms with Crippen molar-refractivity contribution in [2.24, 2.45) is 11.8 Å². The van der Waals surface area contributed by atoms with Gasteiger partial charge in [0.2, 0.25) is 0 Å². The largest absolute Gasteiger partial charge is 0.388 e. The van der Waals surface area contributed by atoms with E-state index >= 15 is 0 Å². The minimum atomic E-state index is -0.926. The van der Waals surface area contributed by atoms with Crippen LogP contribution in [0.3, 0.4) is 0 Å². The Morgan fingerprint density at radius 3 is 2.71 bits per heavy atom. The lowest BCUT2D eigenvalue weighted by Crippen LogP contribution is -2.45. The predicted molar refractivity (Wildman–Crippen MR) is 94.8 cm³/mol. The van der Waals surface area contributed by atoms with Crippen molar-refractivity contribution in [2.45, 2.75) is 53.2 Å². The summed E-state index contributed by atoms with van der Waals surface area (Å²) in [5, 5.41) is 18.4. The first-order chi connectivity index (χ1) is 11.2. The van der Waals surface area contributed by atoms with Crippen LogP contribution >= 0.6 is 0 Å². The summed E-state index contributed by atoms with van der Waals surface area (Å²) in [7, 11) is 0. The molecule has 1 amide bonds. The normalized spacial score (nSPS) is 15.5. The zero-order valence-electron chi connectivity index (χ0n) is 15.2. The molecule has 0 saturated carbocycles. The fraction of sp³-hybridized carbons (Fsp3) is 0.611. The van der Waals surface area contributed by atoms with E-state index in [0.717, 1.165) is 24.0 Å². The lowest BCUT2D eigenvalue weighted by Gasteiger charge is -2.29. The Morgan fingerprint density at radius 2 is 2.08 bits per heavy atom. The van der Waals surface area contributed by atoms with E-state index in [0.29, 0.717) is 11.5 Å². The van der Waals surface area contributed by atoms with E-state index < -0.39 is 5.60 Å². The van der Waals surface area contributed by atoms with Crippen LogP contribution < -0.4 is 5.32 Å². The SMILES string of the molecule is CCC(C)C(C)(O)CNC(=O)c1cnc2c(cnn2CC(C)C)c1. The number of aliphatic hydroxyl groups is 1. The third-order valence-electron chi connectivity index (χ3n) is 4.56. The Kier molecular flexibility index (Phi) is 5.59. The van der Waals surface area contributed by atoms with Gasteiger partial charge in [0.1, 0.15) is 0 Å². The maximum Gasteiger partial charge on any atom is 0.252 e. The van der Waals surface area contributed by atoms with Gasteiger partial charge in [0.05, 0.1) is 17.4 Å². The lowest BCUT2D eigenvalue weighted by atomic mass is 9.88. The number of aromatic nitrogens is 3. The van der Waals surface area contributed by atoms with Crippen molar-refractivity contribution in [1.82, 2.24) is 20.1 Å². The zero-order valence-corrected chi connectivity index (χ0v) is 15.2. The molecule has 0 spiro atoms. The van der Waals surface area contributed by atoms with E-state index in [4.69, 9.17) is 0 Å². The number of nitrogens with one attached hydrogen (secondary N) is 1. The molecule has 2 unspecified atom stereocenters. The van der Waals surface area contributed by atoms with Gasteiger partial charge in [-0.2, -0.15) is 5.10 Å². The molecule has 0 aliphatic carbocycles. The molecule has 2 aromatic rings. The number of nitrogens with zero attached hydrogens (tertiary/aromatic N) is 3. The third kappa shape index (κ3) is 4.12. The van der Waals surface area contributed by atoms with Crippen LogP contribution in [0.2, 0.25) is 0 Å². The number of hydrogen-bond acceptors (Lipinski definition) is 4. The van der Waals surface area contributed by atoms with Crippen LogP contribution in [0, 0.1) is 11.8 Å². The molecule has 2 aromatic heterocycles. The second kappa shape index (κ2) is 7.30. The molecule has 132 valence electrons. The number of rotatable bonds is 7. The highest BCUT2D eigenvalue weighted by molar-refractivity contribution is 5.96. The highest BCUT2D eigenvalue weighted by Crippen LogP contribution is 2.19. The van der Waals surface area contributed by atoms with Gasteiger partial charge in [0.15, 0.2) is 5.65 Å². The Labute approximate surface area is 143 Å². The van der Waals surface area contributed by atoms with Crippen LogP contribution in [0.15, 0.2) is 18.5 Å². The molecule has 24 heavy (non-hydrogen) atoms. The number of fused-ring (bicyclic) bond motifs is 1. The van der Waals surface area contributed by atoms with Crippen molar-refractivity contribution in [2.75, 3.05) is 6.54 Å². The lowest BCUT2D eigenvalue weighted by molar-refractivity contribution is 0.00592. The molecule has 0 radical (unpaired) electrons. The van der Waals surface area contributed by atoms with E-state index in [2.05, 4.69) is 29.2 Å². The van der Waals surface area contributed by atoms with Crippen molar-refractivity contribution in [3.63, 3.8) is 0 Å². The topological polar surface area (TPSA) is 80.0 Å². The summed E-state index contributed by atoms with van der Waals surface area (Å²) in [6.45, 7) is 11.0. The van der Waals surface area contributed by atoms with Gasteiger partial charge in [-0.05, 0) is 24.8 Å². The van der Waals surface area contributed by atoms with Crippen molar-refractivity contribution in [3.05, 3.63) is 24.0 Å². The van der Waals surface area contributed by atoms with Gasteiger partial charge in [-0.1, -0.05) is 34.1 Å². The molecule has 2 N–H and O–H groups in total. The highest BCUT2D eigenvalue weighted by atomic mass is 16.3. The van der Waals surface area contributed by atoms with E-state index in [-0.39, 0.29) is 18.4 Å². The minimum absolute atomic E-state index is 0.104. The predicted octanol–water partition coefficient (Wildman–Crippen LogP) is 2.61. The van der Waals surface area contributed by atoms with E-state index in [1.165, 1.54) is 0 Å². The Morgan fingerprint density at radius 1 is 1.38 bits per heavy atom. The first kappa shape index (κ1) is 18.4. The summed E-state index contributed by atoms with van der Waals surface area (Å²) in [4.78, 5) is 16.7. The number of amides is 1. The molecule has 0 aliphatic heterocycles. The van der Waals surface area contributed by atoms with E-state index in [1.807, 2.05) is 18.5 Å². The monoisotopic (exact) mass is 332 g/mol. The maximum absolute atomic E-state index is 12.3. The second-order valence-corrected chi connectivity index (χ2v) is 7.21. The Bertz CT molecular complexity index is 706. The fourth-order valence-electron chi connectivity index (χ4n) is 2.55. The molecule has 0 bridgehead atoms. The third-order valence-corrected chi connectivity index (χ3v) is 4.56. The van der Waals surface area contributed by atoms with Crippen LogP contribution in [0.5, 0.6) is 0 Å². The van der Waals surface area contributed by atoms with Gasteiger partial charge in [-0.15, -0.1) is 0 Å². The second-order valence-electron chi connectivity index (χ2n) is 7.21. The van der Waals surface area contributed by atoms with Crippen LogP contribution in [0.25, 0.3) is 11.0 Å². The molecule has 2 heterocycles. The van der Waals surface area contributed by atoms with Crippen molar-refractivity contribution in [1.29, 1.82) is 0 Å². The minimum Gasteiger partial charge on any atom is -0.388 e. The summed E-state index contributed by atoms with van der Waals surface area (Å²) in [5.41, 5.74) is 0.336. The van der Waals surface area contributed by atoms with Crippen LogP contribution in [0.1, 0.15) is 51.4 Å². The summed E-state index contributed by atoms with van der Waals surface area (Å²) in [6, 6.07) is 1.79. The molecular weight excluding hydrogens is 304 g/mol. The summed E-state index contributed by atoms with van der Waals surface area (Å²) < 4.78 is 1.86. The van der Waals surface area contributed by atoms with Gasteiger partial charge in [0.25, 0.3) is 5.91 Å². The average molecular weight is 332 g/mol. The molecule has 6 heteroatoms. The van der Waals surface area contributed by atoms with Gasteiger partial charge < -0.3 is 10.4 Å². The number of pyridine rings is 1. The van der Waals surface area contributed by atoms with Gasteiger partial charge in [0, 0.05) is 24.7 Å². The Balaban J connectivity index is 2.10. The molecule has 0 saturated heterocycles. The highest BCUT2D eigenvalue weighted by Gasteiger charge is 2.27. The average Bonchev–Trinajstić information content (AvgIpc) is 2.93. The summed E-state index contributed by atoms with van der Waals surface area (Å²) in [5.74, 6) is 0.345. The molecule has 0 aromatic carbocycles. The van der Waals surface area contributed by atoms with Crippen LogP contribution in [-0.4, -0.2) is 37.9 Å². The quantitative estimate of drug-likeness (QED) is 0.817. The summed E-state index contributed by atoms with van der Waals surface area (Å²) >= 11 is 0. The maximum atomic E-state index is 12.3. The number of carbonyl (C=O) groups excluding carboxylic acids is 1. The smallest absolute Gasteiger partial charge is 0.252 e. The Hall–Kier alpha value is -1.95. The number of hydrogen-bond donors (Lipinski definition) is 2. The van der Waals surface area contributed by atoms with Crippen molar-refractivity contribution < 1.29 is 9.90 Å². The van der Waals surface area contributed by atoms with Crippen molar-refractivity contribution >= 4 is 16.9 Å². The van der Waals surface area contributed by atoms with Gasteiger partial charge in [-0.3, -0.25) is 4.79 Å². The molecule has 0 fully saturated rings. The van der Waals surface area contributed by atoms with Crippen LogP contribution in [-0.2, 0) is 6.54 Å². The van der Waals surface area contributed by atoms with Crippen LogP contribution in [0.4, 0.5) is 0 Å². The molecule has 2 atom stereocenters. The fourth-order valence-corrected chi connectivity index (χ4v) is 2.55. The standard InChI is InChI=1S/C18H28N4O2/c1-6-13(4)18(5,24)11-20-17(23)15-7-14-9-21-22(10-12(2)3)16(14)19-8-15/h7-9,12-13,24H,6,10-11H2,1-5H3,(H,20,23). The van der Waals surface area contributed by atoms with Crippen molar-refractivity contribution in [3.8, 4) is 0 Å². The molecular formula is C18H28N4O2. The van der Waals surface area contributed by atoms with Gasteiger partial charge >= 0.3 is 0 Å². The van der Waals surface area contributed by atoms with E-state index in [1.54, 1.807) is 25.4 Å². The van der Waals surface area contributed by atoms with Gasteiger partial charge in [-0.25, -0.2) is 9.67 Å². The zero-order chi connectivity index (χ0) is 17.9. The van der Waals surface area contributed by atoms with E-state index in [9.17, 15) is 9.90 Å². The molecule has 0 aliphatic rings. The molecule has 6 nitrogen and oxygen atoms in total. The first-order valence-electron chi connectivity index (χ1n) is 8.56. The molecule has 2 rings (SSSR count). The first-order valence-corrected chi connectivity index (χ1v) is 8.56.